The lowest BCUT2D eigenvalue weighted by molar-refractivity contribution is -0.122. The summed E-state index contributed by atoms with van der Waals surface area (Å²) in [4.78, 5) is 11.8. The van der Waals surface area contributed by atoms with E-state index in [1.165, 1.54) is 0 Å². The number of amides is 1. The lowest BCUT2D eigenvalue weighted by Gasteiger charge is -2.11. The van der Waals surface area contributed by atoms with Gasteiger partial charge in [0.1, 0.15) is 5.75 Å². The number of aromatic amines is 1. The molecule has 21 heavy (non-hydrogen) atoms. The van der Waals surface area contributed by atoms with Crippen molar-refractivity contribution < 1.29 is 9.53 Å². The monoisotopic (exact) mass is 289 g/mol. The van der Waals surface area contributed by atoms with Crippen molar-refractivity contribution in [2.75, 3.05) is 6.61 Å². The zero-order chi connectivity index (χ0) is 15.2. The van der Waals surface area contributed by atoms with E-state index in [-0.39, 0.29) is 18.4 Å². The van der Waals surface area contributed by atoms with Crippen molar-refractivity contribution in [1.29, 1.82) is 0 Å². The molecule has 1 heterocycles. The van der Waals surface area contributed by atoms with Gasteiger partial charge in [-0.15, -0.1) is 10.2 Å². The minimum Gasteiger partial charge on any atom is -0.493 e. The van der Waals surface area contributed by atoms with Gasteiger partial charge in [0.2, 0.25) is 5.91 Å². The minimum atomic E-state index is -0.280. The second-order valence-corrected chi connectivity index (χ2v) is 4.98. The van der Waals surface area contributed by atoms with Crippen molar-refractivity contribution in [1.82, 2.24) is 25.9 Å². The molecule has 1 amide bonds. The first-order valence-corrected chi connectivity index (χ1v) is 6.78. The first-order chi connectivity index (χ1) is 10.0. The highest BCUT2D eigenvalue weighted by Gasteiger charge is 2.13. The predicted octanol–water partition coefficient (Wildman–Crippen LogP) is 1.46. The van der Waals surface area contributed by atoms with Crippen LogP contribution >= 0.6 is 0 Å². The van der Waals surface area contributed by atoms with E-state index in [1.54, 1.807) is 6.92 Å². The number of ether oxygens (including phenoxy) is 1. The van der Waals surface area contributed by atoms with Crippen LogP contribution in [0.15, 0.2) is 18.2 Å². The van der Waals surface area contributed by atoms with Gasteiger partial charge in [-0.1, -0.05) is 11.3 Å². The maximum absolute atomic E-state index is 11.8. The SMILES string of the molecule is Cc1cc(C)cc(OCCC(=O)NC(C)c2nn[nH]n2)c1. The molecule has 1 atom stereocenters. The van der Waals surface area contributed by atoms with Crippen LogP contribution in [0.2, 0.25) is 0 Å². The Hall–Kier alpha value is -2.44. The van der Waals surface area contributed by atoms with Crippen LogP contribution in [0.3, 0.4) is 0 Å². The van der Waals surface area contributed by atoms with E-state index in [1.807, 2.05) is 26.0 Å². The molecule has 2 rings (SSSR count). The molecule has 1 unspecified atom stereocenters. The summed E-state index contributed by atoms with van der Waals surface area (Å²) in [5.74, 6) is 1.13. The van der Waals surface area contributed by atoms with Crippen LogP contribution < -0.4 is 10.1 Å². The number of rotatable bonds is 6. The second-order valence-electron chi connectivity index (χ2n) is 4.98. The number of H-pyrrole nitrogens is 1. The van der Waals surface area contributed by atoms with Gasteiger partial charge in [-0.2, -0.15) is 5.21 Å². The van der Waals surface area contributed by atoms with E-state index < -0.39 is 0 Å². The third kappa shape index (κ3) is 4.55. The molecule has 0 fully saturated rings. The molecule has 2 N–H and O–H groups in total. The Morgan fingerprint density at radius 2 is 2.05 bits per heavy atom. The van der Waals surface area contributed by atoms with Gasteiger partial charge in [0.05, 0.1) is 19.1 Å². The van der Waals surface area contributed by atoms with Gasteiger partial charge >= 0.3 is 0 Å². The third-order valence-corrected chi connectivity index (χ3v) is 2.92. The zero-order valence-corrected chi connectivity index (χ0v) is 12.4. The summed E-state index contributed by atoms with van der Waals surface area (Å²) in [5.41, 5.74) is 2.28. The number of aryl methyl sites for hydroxylation is 2. The number of carbonyl (C=O) groups excluding carboxylic acids is 1. The maximum Gasteiger partial charge on any atom is 0.224 e. The molecular formula is C14H19N5O2. The molecule has 0 aliphatic rings. The normalized spacial score (nSPS) is 12.0. The Kier molecular flexibility index (Phi) is 4.86. The molecule has 2 aromatic rings. The number of hydrogen-bond acceptors (Lipinski definition) is 5. The molecule has 0 spiro atoms. The first kappa shape index (κ1) is 15.0. The summed E-state index contributed by atoms with van der Waals surface area (Å²) < 4.78 is 5.60. The number of hydrogen-bond donors (Lipinski definition) is 2. The van der Waals surface area contributed by atoms with Crippen LogP contribution in [-0.4, -0.2) is 33.1 Å². The minimum absolute atomic E-state index is 0.114. The molecule has 1 aromatic heterocycles. The van der Waals surface area contributed by atoms with Crippen LogP contribution in [-0.2, 0) is 4.79 Å². The Morgan fingerprint density at radius 1 is 1.33 bits per heavy atom. The lowest BCUT2D eigenvalue weighted by atomic mass is 10.1. The van der Waals surface area contributed by atoms with E-state index in [4.69, 9.17) is 4.74 Å². The summed E-state index contributed by atoms with van der Waals surface area (Å²) in [6.07, 6.45) is 0.273. The second kappa shape index (κ2) is 6.83. The number of carbonyl (C=O) groups is 1. The number of nitrogens with one attached hydrogen (secondary N) is 2. The van der Waals surface area contributed by atoms with Crippen molar-refractivity contribution in [3.05, 3.63) is 35.2 Å². The molecule has 0 saturated carbocycles. The fourth-order valence-electron chi connectivity index (χ4n) is 2.01. The van der Waals surface area contributed by atoms with Crippen molar-refractivity contribution in [2.45, 2.75) is 33.2 Å². The van der Waals surface area contributed by atoms with E-state index >= 15 is 0 Å². The standard InChI is InChI=1S/C14H19N5O2/c1-9-6-10(2)8-12(7-9)21-5-4-13(20)15-11(3)14-16-18-19-17-14/h6-8,11H,4-5H2,1-3H3,(H,15,20)(H,16,17,18,19). The number of benzene rings is 1. The van der Waals surface area contributed by atoms with Crippen molar-refractivity contribution in [3.63, 3.8) is 0 Å². The predicted molar refractivity (Wildman–Crippen MR) is 76.8 cm³/mol. The molecule has 0 saturated heterocycles. The molecule has 7 heteroatoms. The van der Waals surface area contributed by atoms with E-state index in [0.717, 1.165) is 16.9 Å². The van der Waals surface area contributed by atoms with Crippen molar-refractivity contribution >= 4 is 5.91 Å². The topological polar surface area (TPSA) is 92.8 Å². The molecular weight excluding hydrogens is 270 g/mol. The Morgan fingerprint density at radius 3 is 2.67 bits per heavy atom. The molecule has 0 radical (unpaired) electrons. The molecule has 112 valence electrons. The highest BCUT2D eigenvalue weighted by Crippen LogP contribution is 2.16. The zero-order valence-electron chi connectivity index (χ0n) is 12.4. The third-order valence-electron chi connectivity index (χ3n) is 2.92. The van der Waals surface area contributed by atoms with Crippen LogP contribution in [0.5, 0.6) is 5.75 Å². The molecule has 0 bridgehead atoms. The molecule has 0 aliphatic carbocycles. The van der Waals surface area contributed by atoms with Crippen molar-refractivity contribution in [3.8, 4) is 5.75 Å². The highest BCUT2D eigenvalue weighted by atomic mass is 16.5. The Balaban J connectivity index is 1.76. The van der Waals surface area contributed by atoms with Crippen LogP contribution in [0.1, 0.15) is 36.3 Å². The van der Waals surface area contributed by atoms with Gasteiger partial charge in [0.15, 0.2) is 5.82 Å². The van der Waals surface area contributed by atoms with Crippen LogP contribution in [0.25, 0.3) is 0 Å². The van der Waals surface area contributed by atoms with E-state index in [9.17, 15) is 4.79 Å². The smallest absolute Gasteiger partial charge is 0.224 e. The summed E-state index contributed by atoms with van der Waals surface area (Å²) in [6.45, 7) is 6.15. The molecule has 1 aromatic carbocycles. The number of nitrogens with zero attached hydrogens (tertiary/aromatic N) is 3. The highest BCUT2D eigenvalue weighted by molar-refractivity contribution is 5.76. The van der Waals surface area contributed by atoms with E-state index in [2.05, 4.69) is 32.0 Å². The fourth-order valence-corrected chi connectivity index (χ4v) is 2.01. The van der Waals surface area contributed by atoms with Gasteiger partial charge in [-0.3, -0.25) is 4.79 Å². The summed E-state index contributed by atoms with van der Waals surface area (Å²) in [5, 5.41) is 16.2. The van der Waals surface area contributed by atoms with Gasteiger partial charge in [-0.05, 0) is 44.0 Å². The van der Waals surface area contributed by atoms with E-state index in [0.29, 0.717) is 12.4 Å². The fraction of sp³-hybridized carbons (Fsp3) is 0.429. The molecule has 7 nitrogen and oxygen atoms in total. The maximum atomic E-state index is 11.8. The molecule has 0 aliphatic heterocycles. The van der Waals surface area contributed by atoms with Crippen LogP contribution in [0.4, 0.5) is 0 Å². The lowest BCUT2D eigenvalue weighted by Crippen LogP contribution is -2.28. The quantitative estimate of drug-likeness (QED) is 0.840. The average molecular weight is 289 g/mol. The summed E-state index contributed by atoms with van der Waals surface area (Å²) in [7, 11) is 0. The number of aromatic nitrogens is 4. The van der Waals surface area contributed by atoms with Crippen molar-refractivity contribution in [2.24, 2.45) is 0 Å². The average Bonchev–Trinajstić information content (AvgIpc) is 2.91. The first-order valence-electron chi connectivity index (χ1n) is 6.78. The Bertz CT molecular complexity index is 577. The summed E-state index contributed by atoms with van der Waals surface area (Å²) in [6, 6.07) is 5.70. The van der Waals surface area contributed by atoms with Gasteiger partial charge in [-0.25, -0.2) is 0 Å². The van der Waals surface area contributed by atoms with Gasteiger partial charge in [0.25, 0.3) is 0 Å². The summed E-state index contributed by atoms with van der Waals surface area (Å²) >= 11 is 0. The Labute approximate surface area is 123 Å². The van der Waals surface area contributed by atoms with Crippen LogP contribution in [0, 0.1) is 13.8 Å². The number of tetrazole rings is 1. The van der Waals surface area contributed by atoms with Gasteiger partial charge in [0, 0.05) is 0 Å². The largest absolute Gasteiger partial charge is 0.493 e. The van der Waals surface area contributed by atoms with Gasteiger partial charge < -0.3 is 10.1 Å².